The molecule has 1 heterocycles. The first-order valence-electron chi connectivity index (χ1n) is 6.14. The van der Waals surface area contributed by atoms with Gasteiger partial charge in [-0.2, -0.15) is 4.31 Å². The highest BCUT2D eigenvalue weighted by Crippen LogP contribution is 2.38. The molecule has 1 atom stereocenters. The molecular weight excluding hydrogens is 210 g/mol. The molecule has 2 fully saturated rings. The first-order valence-corrected chi connectivity index (χ1v) is 7.75. The first-order chi connectivity index (χ1) is 7.15. The smallest absolute Gasteiger partial charge is 0.212 e. The lowest BCUT2D eigenvalue weighted by atomic mass is 9.79. The fraction of sp³-hybridized carbons (Fsp3) is 1.00. The van der Waals surface area contributed by atoms with Gasteiger partial charge in [0.25, 0.3) is 0 Å². The van der Waals surface area contributed by atoms with Gasteiger partial charge in [-0.3, -0.25) is 0 Å². The number of hydrogen-bond acceptors (Lipinski definition) is 2. The lowest BCUT2D eigenvalue weighted by Gasteiger charge is -2.36. The second kappa shape index (κ2) is 4.42. The monoisotopic (exact) mass is 231 g/mol. The average molecular weight is 231 g/mol. The summed E-state index contributed by atoms with van der Waals surface area (Å²) < 4.78 is 25.8. The predicted octanol–water partition coefficient (Wildman–Crippen LogP) is 1.99. The lowest BCUT2D eigenvalue weighted by molar-refractivity contribution is 0.191. The van der Waals surface area contributed by atoms with E-state index in [-0.39, 0.29) is 0 Å². The van der Waals surface area contributed by atoms with Crippen LogP contribution in [0.15, 0.2) is 0 Å². The Kier molecular flexibility index (Phi) is 3.36. The summed E-state index contributed by atoms with van der Waals surface area (Å²) in [5, 5.41) is 0. The molecule has 15 heavy (non-hydrogen) atoms. The van der Waals surface area contributed by atoms with Crippen molar-refractivity contribution < 1.29 is 8.42 Å². The van der Waals surface area contributed by atoms with Gasteiger partial charge < -0.3 is 0 Å². The molecule has 2 rings (SSSR count). The average Bonchev–Trinajstić information content (AvgIpc) is 2.49. The maximum absolute atomic E-state index is 12.0. The summed E-state index contributed by atoms with van der Waals surface area (Å²) in [5.74, 6) is 0.995. The van der Waals surface area contributed by atoms with Gasteiger partial charge in [0.2, 0.25) is 10.0 Å². The Hall–Kier alpha value is -0.0900. The third-order valence-electron chi connectivity index (χ3n) is 3.76. The molecule has 0 amide bonds. The molecule has 0 N–H and O–H groups in total. The predicted molar refractivity (Wildman–Crippen MR) is 61.1 cm³/mol. The van der Waals surface area contributed by atoms with Crippen LogP contribution in [0.2, 0.25) is 0 Å². The minimum Gasteiger partial charge on any atom is -0.212 e. The largest absolute Gasteiger partial charge is 0.214 e. The normalized spacial score (nSPS) is 29.3. The molecule has 0 radical (unpaired) electrons. The number of hydrogen-bond donors (Lipinski definition) is 0. The highest BCUT2D eigenvalue weighted by Gasteiger charge is 2.40. The van der Waals surface area contributed by atoms with Crippen LogP contribution in [0.25, 0.3) is 0 Å². The summed E-state index contributed by atoms with van der Waals surface area (Å²) >= 11 is 0. The number of sulfonamides is 1. The first kappa shape index (κ1) is 11.4. The molecule has 4 heteroatoms. The fourth-order valence-corrected chi connectivity index (χ4v) is 4.63. The second-order valence-electron chi connectivity index (χ2n) is 4.83. The van der Waals surface area contributed by atoms with Crippen molar-refractivity contribution in [1.29, 1.82) is 0 Å². The molecule has 1 aliphatic heterocycles. The Morgan fingerprint density at radius 1 is 1.20 bits per heavy atom. The van der Waals surface area contributed by atoms with Crippen molar-refractivity contribution >= 4 is 10.0 Å². The van der Waals surface area contributed by atoms with Crippen LogP contribution in [0, 0.1) is 5.92 Å². The van der Waals surface area contributed by atoms with Crippen molar-refractivity contribution in [2.75, 3.05) is 12.3 Å². The van der Waals surface area contributed by atoms with E-state index >= 15 is 0 Å². The van der Waals surface area contributed by atoms with Crippen LogP contribution >= 0.6 is 0 Å². The molecule has 0 spiro atoms. The molecular formula is C11H21NO2S. The summed E-state index contributed by atoms with van der Waals surface area (Å²) in [6, 6.07) is 0.343. The van der Waals surface area contributed by atoms with Gasteiger partial charge in [0, 0.05) is 12.6 Å². The van der Waals surface area contributed by atoms with E-state index in [4.69, 9.17) is 0 Å². The summed E-state index contributed by atoms with van der Waals surface area (Å²) in [6.45, 7) is 2.70. The molecule has 3 nitrogen and oxygen atoms in total. The lowest BCUT2D eigenvalue weighted by Crippen LogP contribution is -2.43. The molecule has 1 saturated heterocycles. The van der Waals surface area contributed by atoms with E-state index in [9.17, 15) is 8.42 Å². The van der Waals surface area contributed by atoms with Crippen molar-refractivity contribution in [3.63, 3.8) is 0 Å². The number of nitrogens with zero attached hydrogens (tertiary/aromatic N) is 1. The zero-order valence-corrected chi connectivity index (χ0v) is 10.3. The van der Waals surface area contributed by atoms with Gasteiger partial charge in [-0.15, -0.1) is 0 Å². The summed E-state index contributed by atoms with van der Waals surface area (Å²) in [6.07, 6.45) is 6.66. The molecule has 1 unspecified atom stereocenters. The van der Waals surface area contributed by atoms with Crippen LogP contribution in [0.1, 0.15) is 45.4 Å². The van der Waals surface area contributed by atoms with Gasteiger partial charge in [0.15, 0.2) is 0 Å². The van der Waals surface area contributed by atoms with Crippen LogP contribution in [-0.4, -0.2) is 31.1 Å². The Morgan fingerprint density at radius 3 is 2.47 bits per heavy atom. The van der Waals surface area contributed by atoms with Crippen LogP contribution < -0.4 is 0 Å². The van der Waals surface area contributed by atoms with Crippen LogP contribution in [0.5, 0.6) is 0 Å². The number of rotatable bonds is 4. The zero-order valence-electron chi connectivity index (χ0n) is 9.48. The van der Waals surface area contributed by atoms with E-state index in [1.807, 2.05) is 6.92 Å². The Morgan fingerprint density at radius 2 is 1.93 bits per heavy atom. The van der Waals surface area contributed by atoms with Crippen molar-refractivity contribution in [3.05, 3.63) is 0 Å². The van der Waals surface area contributed by atoms with E-state index in [2.05, 4.69) is 0 Å². The van der Waals surface area contributed by atoms with Crippen molar-refractivity contribution in [2.24, 2.45) is 5.92 Å². The van der Waals surface area contributed by atoms with Gasteiger partial charge >= 0.3 is 0 Å². The Bertz CT molecular complexity index is 309. The Balaban J connectivity index is 2.06. The topological polar surface area (TPSA) is 37.4 Å². The van der Waals surface area contributed by atoms with E-state index < -0.39 is 10.0 Å². The highest BCUT2D eigenvalue weighted by molar-refractivity contribution is 7.89. The maximum Gasteiger partial charge on any atom is 0.214 e. The summed E-state index contributed by atoms with van der Waals surface area (Å²) in [7, 11) is -2.95. The Labute approximate surface area is 92.9 Å². The molecule has 1 saturated carbocycles. The summed E-state index contributed by atoms with van der Waals surface area (Å²) in [5.41, 5.74) is 0. The fourth-order valence-electron chi connectivity index (χ4n) is 2.78. The third-order valence-corrected chi connectivity index (χ3v) is 5.85. The van der Waals surface area contributed by atoms with Gasteiger partial charge in [0.05, 0.1) is 5.75 Å². The minimum absolute atomic E-state index is 0.330. The van der Waals surface area contributed by atoms with E-state index in [0.717, 1.165) is 25.8 Å². The van der Waals surface area contributed by atoms with Crippen LogP contribution in [0.4, 0.5) is 0 Å². The standard InChI is InChI=1S/C11H21NO2S/c1-2-9-15(13,14)12-8-4-7-11(12)10-5-3-6-10/h10-11H,2-9H2,1H3. The minimum atomic E-state index is -2.95. The molecule has 0 aromatic rings. The molecule has 2 aliphatic rings. The van der Waals surface area contributed by atoms with Crippen LogP contribution in [-0.2, 0) is 10.0 Å². The van der Waals surface area contributed by atoms with E-state index in [0.29, 0.717) is 17.7 Å². The second-order valence-corrected chi connectivity index (χ2v) is 6.87. The maximum atomic E-state index is 12.0. The SMILES string of the molecule is CCCS(=O)(=O)N1CCCC1C1CCC1. The molecule has 0 bridgehead atoms. The molecule has 88 valence electrons. The van der Waals surface area contributed by atoms with Gasteiger partial charge in [-0.05, 0) is 38.0 Å². The van der Waals surface area contributed by atoms with Crippen molar-refractivity contribution in [1.82, 2.24) is 4.31 Å². The van der Waals surface area contributed by atoms with Crippen molar-refractivity contribution in [3.8, 4) is 0 Å². The van der Waals surface area contributed by atoms with E-state index in [1.165, 1.54) is 19.3 Å². The van der Waals surface area contributed by atoms with Gasteiger partial charge in [0.1, 0.15) is 0 Å². The third kappa shape index (κ3) is 2.21. The van der Waals surface area contributed by atoms with Gasteiger partial charge in [-0.25, -0.2) is 8.42 Å². The molecule has 1 aliphatic carbocycles. The van der Waals surface area contributed by atoms with Crippen LogP contribution in [0.3, 0.4) is 0 Å². The molecule has 0 aromatic carbocycles. The highest BCUT2D eigenvalue weighted by atomic mass is 32.2. The molecule has 0 aromatic heterocycles. The van der Waals surface area contributed by atoms with Gasteiger partial charge in [-0.1, -0.05) is 13.3 Å². The van der Waals surface area contributed by atoms with Crippen molar-refractivity contribution in [2.45, 2.75) is 51.5 Å². The quantitative estimate of drug-likeness (QED) is 0.742. The zero-order chi connectivity index (χ0) is 10.9. The summed E-state index contributed by atoms with van der Waals surface area (Å²) in [4.78, 5) is 0. The van der Waals surface area contributed by atoms with E-state index in [1.54, 1.807) is 4.31 Å².